The number of piperazine rings is 1. The summed E-state index contributed by atoms with van der Waals surface area (Å²) in [6.45, 7) is 11.2. The molecule has 1 aromatic rings. The lowest BCUT2D eigenvalue weighted by Gasteiger charge is -2.46. The fourth-order valence-corrected chi connectivity index (χ4v) is 2.88. The topological polar surface area (TPSA) is 15.3 Å². The van der Waals surface area contributed by atoms with E-state index in [-0.39, 0.29) is 5.54 Å². The molecule has 18 heavy (non-hydrogen) atoms. The van der Waals surface area contributed by atoms with Crippen molar-refractivity contribution in [3.8, 4) is 0 Å². The van der Waals surface area contributed by atoms with Gasteiger partial charge in [-0.25, -0.2) is 0 Å². The highest BCUT2D eigenvalue weighted by Gasteiger charge is 2.33. The zero-order chi connectivity index (χ0) is 13.3. The number of hydrogen-bond donors (Lipinski definition) is 1. The number of nitrogens with one attached hydrogen (secondary N) is 1. The molecule has 0 amide bonds. The minimum absolute atomic E-state index is 0.180. The molecule has 0 aliphatic carbocycles. The Kier molecular flexibility index (Phi) is 4.00. The van der Waals surface area contributed by atoms with Crippen LogP contribution in [0.3, 0.4) is 0 Å². The van der Waals surface area contributed by atoms with Crippen molar-refractivity contribution < 1.29 is 0 Å². The Labute approximate surface area is 115 Å². The predicted octanol–water partition coefficient (Wildman–Crippen LogP) is 3.47. The SMILES string of the molecule is CC1CNC(C)(C)CN1C(C)c1cccc(Cl)c1. The highest BCUT2D eigenvalue weighted by Crippen LogP contribution is 2.28. The van der Waals surface area contributed by atoms with E-state index in [4.69, 9.17) is 11.6 Å². The van der Waals surface area contributed by atoms with Crippen LogP contribution < -0.4 is 5.32 Å². The molecule has 2 unspecified atom stereocenters. The molecule has 1 fully saturated rings. The highest BCUT2D eigenvalue weighted by atomic mass is 35.5. The first-order valence-corrected chi connectivity index (χ1v) is 7.03. The van der Waals surface area contributed by atoms with Crippen molar-refractivity contribution in [2.24, 2.45) is 0 Å². The number of nitrogens with zero attached hydrogens (tertiary/aromatic N) is 1. The molecule has 100 valence electrons. The zero-order valence-corrected chi connectivity index (χ0v) is 12.5. The van der Waals surface area contributed by atoms with E-state index in [2.05, 4.69) is 50.0 Å². The molecule has 2 rings (SSSR count). The summed E-state index contributed by atoms with van der Waals surface area (Å²) in [5.74, 6) is 0. The highest BCUT2D eigenvalue weighted by molar-refractivity contribution is 6.30. The van der Waals surface area contributed by atoms with Crippen molar-refractivity contribution in [3.63, 3.8) is 0 Å². The van der Waals surface area contributed by atoms with Gasteiger partial charge >= 0.3 is 0 Å². The van der Waals surface area contributed by atoms with E-state index in [1.807, 2.05) is 12.1 Å². The smallest absolute Gasteiger partial charge is 0.0409 e. The average Bonchev–Trinajstić information content (AvgIpc) is 2.31. The van der Waals surface area contributed by atoms with Gasteiger partial charge in [-0.05, 0) is 45.4 Å². The van der Waals surface area contributed by atoms with E-state index in [0.717, 1.165) is 18.1 Å². The molecule has 0 aromatic heterocycles. The van der Waals surface area contributed by atoms with Crippen LogP contribution in [0.1, 0.15) is 39.3 Å². The van der Waals surface area contributed by atoms with Gasteiger partial charge in [0.05, 0.1) is 0 Å². The molecular weight excluding hydrogens is 244 g/mol. The molecule has 1 aliphatic heterocycles. The second-order valence-corrected chi connectivity index (χ2v) is 6.45. The van der Waals surface area contributed by atoms with E-state index in [0.29, 0.717) is 12.1 Å². The molecule has 0 radical (unpaired) electrons. The number of rotatable bonds is 2. The van der Waals surface area contributed by atoms with E-state index in [9.17, 15) is 0 Å². The molecule has 2 atom stereocenters. The van der Waals surface area contributed by atoms with Gasteiger partial charge in [0.2, 0.25) is 0 Å². The lowest BCUT2D eigenvalue weighted by atomic mass is 9.95. The van der Waals surface area contributed by atoms with Crippen LogP contribution in [0.5, 0.6) is 0 Å². The molecule has 0 spiro atoms. The van der Waals surface area contributed by atoms with E-state index in [1.54, 1.807) is 0 Å². The van der Waals surface area contributed by atoms with Crippen molar-refractivity contribution in [2.45, 2.75) is 45.3 Å². The van der Waals surface area contributed by atoms with Crippen LogP contribution in [0.4, 0.5) is 0 Å². The molecule has 1 N–H and O–H groups in total. The predicted molar refractivity (Wildman–Crippen MR) is 78.1 cm³/mol. The standard InChI is InChI=1S/C15H23ClN2/c1-11-9-17-15(3,4)10-18(11)12(2)13-6-5-7-14(16)8-13/h5-8,11-12,17H,9-10H2,1-4H3. The van der Waals surface area contributed by atoms with Gasteiger partial charge in [0, 0.05) is 35.7 Å². The fraction of sp³-hybridized carbons (Fsp3) is 0.600. The summed E-state index contributed by atoms with van der Waals surface area (Å²) in [7, 11) is 0. The molecule has 1 aromatic carbocycles. The first kappa shape index (κ1) is 13.9. The van der Waals surface area contributed by atoms with Crippen LogP contribution in [0.25, 0.3) is 0 Å². The quantitative estimate of drug-likeness (QED) is 0.882. The lowest BCUT2D eigenvalue weighted by molar-refractivity contribution is 0.0689. The number of hydrogen-bond acceptors (Lipinski definition) is 2. The third kappa shape index (κ3) is 3.05. The Morgan fingerprint density at radius 1 is 1.44 bits per heavy atom. The summed E-state index contributed by atoms with van der Waals surface area (Å²) in [6.07, 6.45) is 0. The Hall–Kier alpha value is -0.570. The van der Waals surface area contributed by atoms with Crippen molar-refractivity contribution in [1.29, 1.82) is 0 Å². The number of halogens is 1. The van der Waals surface area contributed by atoms with E-state index >= 15 is 0 Å². The Balaban J connectivity index is 2.19. The number of benzene rings is 1. The van der Waals surface area contributed by atoms with Gasteiger partial charge in [-0.3, -0.25) is 4.90 Å². The molecule has 1 heterocycles. The molecular formula is C15H23ClN2. The molecule has 0 bridgehead atoms. The third-order valence-electron chi connectivity index (χ3n) is 3.85. The summed E-state index contributed by atoms with van der Waals surface area (Å²) < 4.78 is 0. The Morgan fingerprint density at radius 3 is 2.83 bits per heavy atom. The normalized spacial score (nSPS) is 25.9. The summed E-state index contributed by atoms with van der Waals surface area (Å²) >= 11 is 6.09. The maximum atomic E-state index is 6.09. The van der Waals surface area contributed by atoms with Crippen LogP contribution >= 0.6 is 11.6 Å². The summed E-state index contributed by atoms with van der Waals surface area (Å²) in [6, 6.07) is 9.16. The van der Waals surface area contributed by atoms with Gasteiger partial charge in [-0.1, -0.05) is 23.7 Å². The summed E-state index contributed by atoms with van der Waals surface area (Å²) in [5.41, 5.74) is 1.48. The first-order chi connectivity index (χ1) is 8.39. The van der Waals surface area contributed by atoms with Gasteiger partial charge in [-0.2, -0.15) is 0 Å². The van der Waals surface area contributed by atoms with Crippen molar-refractivity contribution in [3.05, 3.63) is 34.9 Å². The van der Waals surface area contributed by atoms with Crippen LogP contribution in [0.15, 0.2) is 24.3 Å². The summed E-state index contributed by atoms with van der Waals surface area (Å²) in [4.78, 5) is 2.56. The second-order valence-electron chi connectivity index (χ2n) is 6.02. The maximum Gasteiger partial charge on any atom is 0.0409 e. The Morgan fingerprint density at radius 2 is 2.17 bits per heavy atom. The fourth-order valence-electron chi connectivity index (χ4n) is 2.69. The van der Waals surface area contributed by atoms with Crippen LogP contribution in [0.2, 0.25) is 5.02 Å². The lowest BCUT2D eigenvalue weighted by Crippen LogP contribution is -2.61. The molecule has 2 nitrogen and oxygen atoms in total. The van der Waals surface area contributed by atoms with Crippen molar-refractivity contribution in [2.75, 3.05) is 13.1 Å². The van der Waals surface area contributed by atoms with Crippen LogP contribution in [0, 0.1) is 0 Å². The van der Waals surface area contributed by atoms with Gasteiger partial charge in [0.25, 0.3) is 0 Å². The minimum Gasteiger partial charge on any atom is -0.309 e. The molecule has 1 saturated heterocycles. The first-order valence-electron chi connectivity index (χ1n) is 6.65. The largest absolute Gasteiger partial charge is 0.309 e. The van der Waals surface area contributed by atoms with Gasteiger partial charge in [0.1, 0.15) is 0 Å². The van der Waals surface area contributed by atoms with E-state index < -0.39 is 0 Å². The third-order valence-corrected chi connectivity index (χ3v) is 4.08. The van der Waals surface area contributed by atoms with Gasteiger partial charge in [-0.15, -0.1) is 0 Å². The van der Waals surface area contributed by atoms with Gasteiger partial charge < -0.3 is 5.32 Å². The van der Waals surface area contributed by atoms with Crippen molar-refractivity contribution >= 4 is 11.6 Å². The second kappa shape index (κ2) is 5.20. The molecule has 1 aliphatic rings. The average molecular weight is 267 g/mol. The Bertz CT molecular complexity index is 417. The maximum absolute atomic E-state index is 6.09. The molecule has 3 heteroatoms. The zero-order valence-electron chi connectivity index (χ0n) is 11.7. The monoisotopic (exact) mass is 266 g/mol. The van der Waals surface area contributed by atoms with Crippen LogP contribution in [-0.2, 0) is 0 Å². The molecule has 0 saturated carbocycles. The van der Waals surface area contributed by atoms with Crippen LogP contribution in [-0.4, -0.2) is 29.6 Å². The minimum atomic E-state index is 0.180. The van der Waals surface area contributed by atoms with Crippen molar-refractivity contribution in [1.82, 2.24) is 10.2 Å². The summed E-state index contributed by atoms with van der Waals surface area (Å²) in [5, 5.41) is 4.41. The van der Waals surface area contributed by atoms with Gasteiger partial charge in [0.15, 0.2) is 0 Å². The van der Waals surface area contributed by atoms with E-state index in [1.165, 1.54) is 5.56 Å².